The van der Waals surface area contributed by atoms with E-state index in [2.05, 4.69) is 98.7 Å². The van der Waals surface area contributed by atoms with Crippen LogP contribution in [0.5, 0.6) is 0 Å². The Morgan fingerprint density at radius 1 is 1.00 bits per heavy atom. The molecule has 3 nitrogen and oxygen atoms in total. The second-order valence-corrected chi connectivity index (χ2v) is 9.73. The Hall–Kier alpha value is -3.07. The lowest BCUT2D eigenvalue weighted by Gasteiger charge is -2.40. The molecule has 0 aromatic heterocycles. The van der Waals surface area contributed by atoms with Crippen LogP contribution < -0.4 is 10.2 Å². The first kappa shape index (κ1) is 19.9. The van der Waals surface area contributed by atoms with Gasteiger partial charge in [-0.2, -0.15) is 0 Å². The minimum Gasteiger partial charge on any atom is -0.375 e. The van der Waals surface area contributed by atoms with Crippen LogP contribution >= 0.6 is 0 Å². The molecule has 0 spiro atoms. The van der Waals surface area contributed by atoms with E-state index in [4.69, 9.17) is 0 Å². The van der Waals surface area contributed by atoms with Crippen LogP contribution in [0.1, 0.15) is 50.8 Å². The van der Waals surface area contributed by atoms with E-state index in [1.54, 1.807) is 0 Å². The van der Waals surface area contributed by atoms with Gasteiger partial charge >= 0.3 is 0 Å². The highest BCUT2D eigenvalue weighted by Gasteiger charge is 2.40. The van der Waals surface area contributed by atoms with Crippen LogP contribution in [-0.4, -0.2) is 19.4 Å². The first-order valence-corrected chi connectivity index (χ1v) is 11.2. The van der Waals surface area contributed by atoms with Gasteiger partial charge in [0, 0.05) is 42.5 Å². The van der Waals surface area contributed by atoms with E-state index in [1.165, 1.54) is 27.6 Å². The summed E-state index contributed by atoms with van der Waals surface area (Å²) in [5.74, 6) is 0.275. The quantitative estimate of drug-likeness (QED) is 0.527. The van der Waals surface area contributed by atoms with Crippen LogP contribution in [-0.2, 0) is 4.79 Å². The number of carbonyl (C=O) groups excluding carboxylic acids is 1. The number of ketones is 1. The molecule has 0 fully saturated rings. The molecule has 1 aliphatic carbocycles. The molecule has 0 saturated carbocycles. The summed E-state index contributed by atoms with van der Waals surface area (Å²) in [6.07, 6.45) is 1.52. The maximum absolute atomic E-state index is 13.5. The summed E-state index contributed by atoms with van der Waals surface area (Å²) in [5, 5.41) is 6.18. The van der Waals surface area contributed by atoms with E-state index >= 15 is 0 Å². The normalized spacial score (nSPS) is 19.6. The number of rotatable bonds is 3. The molecule has 2 aliphatic rings. The van der Waals surface area contributed by atoms with E-state index in [9.17, 15) is 4.79 Å². The molecule has 3 aromatic carbocycles. The molecule has 1 aliphatic heterocycles. The molecule has 5 rings (SSSR count). The Balaban J connectivity index is 1.70. The second-order valence-electron chi connectivity index (χ2n) is 9.73. The van der Waals surface area contributed by atoms with Gasteiger partial charge in [0.2, 0.25) is 0 Å². The van der Waals surface area contributed by atoms with E-state index in [0.29, 0.717) is 6.42 Å². The minimum absolute atomic E-state index is 0.0281. The summed E-state index contributed by atoms with van der Waals surface area (Å²) in [5.41, 5.74) is 6.84. The largest absolute Gasteiger partial charge is 0.375 e. The lowest BCUT2D eigenvalue weighted by molar-refractivity contribution is -0.118. The summed E-state index contributed by atoms with van der Waals surface area (Å²) < 4.78 is 0. The second kappa shape index (κ2) is 7.26. The van der Waals surface area contributed by atoms with Crippen molar-refractivity contribution in [3.05, 3.63) is 77.4 Å². The predicted octanol–water partition coefficient (Wildman–Crippen LogP) is 6.61. The van der Waals surface area contributed by atoms with E-state index in [0.717, 1.165) is 29.8 Å². The number of hydrogen-bond acceptors (Lipinski definition) is 3. The van der Waals surface area contributed by atoms with Gasteiger partial charge in [-0.3, -0.25) is 4.79 Å². The maximum atomic E-state index is 13.5. The zero-order valence-electron chi connectivity index (χ0n) is 18.8. The molecule has 1 unspecified atom stereocenters. The average molecular weight is 411 g/mol. The average Bonchev–Trinajstić information content (AvgIpc) is 2.76. The number of Topliss-reactive ketones (excluding diaryl/α,β-unsaturated/α-hetero) is 1. The van der Waals surface area contributed by atoms with Crippen molar-refractivity contribution in [1.82, 2.24) is 0 Å². The van der Waals surface area contributed by atoms with Crippen LogP contribution in [0.4, 0.5) is 11.4 Å². The number of hydrogen-bond donors (Lipinski definition) is 1. The standard InChI is InChI=1S/C28H30N2O/c1-5-30(4)20-13-10-19(11-14-20)27-26-22(16-28(2,3)17-24(26)31)25-21-9-7-6-8-18(21)12-15-23(25)29-27/h6-15,27,29H,5,16-17H2,1-4H3. The monoisotopic (exact) mass is 410 g/mol. The summed E-state index contributed by atoms with van der Waals surface area (Å²) in [6.45, 7) is 7.54. The molecule has 158 valence electrons. The number of nitrogens with one attached hydrogen (secondary N) is 1. The fourth-order valence-electron chi connectivity index (χ4n) is 5.19. The van der Waals surface area contributed by atoms with Crippen molar-refractivity contribution < 1.29 is 4.79 Å². The smallest absolute Gasteiger partial charge is 0.162 e. The molecule has 31 heavy (non-hydrogen) atoms. The molecule has 0 bridgehead atoms. The van der Waals surface area contributed by atoms with E-state index < -0.39 is 0 Å². The molecule has 1 heterocycles. The van der Waals surface area contributed by atoms with Crippen molar-refractivity contribution in [2.75, 3.05) is 23.8 Å². The predicted molar refractivity (Wildman–Crippen MR) is 131 cm³/mol. The molecule has 0 amide bonds. The van der Waals surface area contributed by atoms with Gasteiger partial charge in [0.15, 0.2) is 5.78 Å². The molecule has 0 saturated heterocycles. The van der Waals surface area contributed by atoms with Crippen molar-refractivity contribution in [2.45, 2.75) is 39.7 Å². The fraction of sp³-hybridized carbons (Fsp3) is 0.321. The topological polar surface area (TPSA) is 32.3 Å². The number of anilines is 2. The zero-order chi connectivity index (χ0) is 21.8. The van der Waals surface area contributed by atoms with Gasteiger partial charge in [-0.05, 0) is 58.9 Å². The van der Waals surface area contributed by atoms with Gasteiger partial charge in [-0.15, -0.1) is 0 Å². The SMILES string of the molecule is CCN(C)c1ccc(C2Nc3ccc4ccccc4c3C3=C2C(=O)CC(C)(C)C3)cc1. The summed E-state index contributed by atoms with van der Waals surface area (Å²) >= 11 is 0. The molecule has 3 aromatic rings. The van der Waals surface area contributed by atoms with Gasteiger partial charge in [-0.1, -0.05) is 56.3 Å². The third-order valence-electron chi connectivity index (χ3n) is 6.88. The minimum atomic E-state index is -0.103. The van der Waals surface area contributed by atoms with Crippen molar-refractivity contribution in [3.63, 3.8) is 0 Å². The lowest BCUT2D eigenvalue weighted by Crippen LogP contribution is -2.33. The number of benzene rings is 3. The highest BCUT2D eigenvalue weighted by atomic mass is 16.1. The van der Waals surface area contributed by atoms with Gasteiger partial charge in [0.25, 0.3) is 0 Å². The van der Waals surface area contributed by atoms with Crippen LogP contribution in [0.2, 0.25) is 0 Å². The summed E-state index contributed by atoms with van der Waals surface area (Å²) in [7, 11) is 2.10. The van der Waals surface area contributed by atoms with Crippen molar-refractivity contribution in [1.29, 1.82) is 0 Å². The lowest BCUT2D eigenvalue weighted by atomic mass is 9.68. The summed E-state index contributed by atoms with van der Waals surface area (Å²) in [6, 6.07) is 21.4. The van der Waals surface area contributed by atoms with Crippen molar-refractivity contribution >= 4 is 33.5 Å². The first-order chi connectivity index (χ1) is 14.9. The van der Waals surface area contributed by atoms with Crippen molar-refractivity contribution in [3.8, 4) is 0 Å². The molecule has 1 N–H and O–H groups in total. The maximum Gasteiger partial charge on any atom is 0.162 e. The number of allylic oxidation sites excluding steroid dienone is 1. The molecule has 0 radical (unpaired) electrons. The van der Waals surface area contributed by atoms with Crippen LogP contribution in [0.3, 0.4) is 0 Å². The Morgan fingerprint density at radius 2 is 1.74 bits per heavy atom. The highest BCUT2D eigenvalue weighted by molar-refractivity contribution is 6.12. The molecule has 1 atom stereocenters. The zero-order valence-corrected chi connectivity index (χ0v) is 18.8. The Morgan fingerprint density at radius 3 is 2.48 bits per heavy atom. The Bertz CT molecular complexity index is 1200. The summed E-state index contributed by atoms with van der Waals surface area (Å²) in [4.78, 5) is 15.7. The van der Waals surface area contributed by atoms with Gasteiger partial charge in [0.1, 0.15) is 0 Å². The number of nitrogens with zero attached hydrogens (tertiary/aromatic N) is 1. The van der Waals surface area contributed by atoms with Crippen LogP contribution in [0, 0.1) is 5.41 Å². The van der Waals surface area contributed by atoms with Crippen LogP contribution in [0.25, 0.3) is 16.3 Å². The number of carbonyl (C=O) groups is 1. The highest BCUT2D eigenvalue weighted by Crippen LogP contribution is 2.52. The Labute approximate surface area is 184 Å². The Kier molecular flexibility index (Phi) is 4.65. The van der Waals surface area contributed by atoms with Gasteiger partial charge in [0.05, 0.1) is 6.04 Å². The molecular formula is C28H30N2O. The van der Waals surface area contributed by atoms with Gasteiger partial charge < -0.3 is 10.2 Å². The molecular weight excluding hydrogens is 380 g/mol. The van der Waals surface area contributed by atoms with Gasteiger partial charge in [-0.25, -0.2) is 0 Å². The van der Waals surface area contributed by atoms with E-state index in [-0.39, 0.29) is 17.2 Å². The third kappa shape index (κ3) is 3.33. The van der Waals surface area contributed by atoms with Crippen molar-refractivity contribution in [2.24, 2.45) is 5.41 Å². The number of fused-ring (bicyclic) bond motifs is 4. The fourth-order valence-corrected chi connectivity index (χ4v) is 5.19. The molecule has 3 heteroatoms. The van der Waals surface area contributed by atoms with E-state index in [1.807, 2.05) is 0 Å². The third-order valence-corrected chi connectivity index (χ3v) is 6.88. The van der Waals surface area contributed by atoms with Crippen LogP contribution in [0.15, 0.2) is 66.2 Å². The first-order valence-electron chi connectivity index (χ1n) is 11.2.